The van der Waals surface area contributed by atoms with E-state index in [0.717, 1.165) is 0 Å². The van der Waals surface area contributed by atoms with Gasteiger partial charge in [-0.2, -0.15) is 0 Å². The van der Waals surface area contributed by atoms with Crippen molar-refractivity contribution < 1.29 is 23.5 Å². The van der Waals surface area contributed by atoms with E-state index in [1.54, 1.807) is 18.2 Å². The zero-order valence-corrected chi connectivity index (χ0v) is 14.0. The summed E-state index contributed by atoms with van der Waals surface area (Å²) < 4.78 is 10.5. The first-order valence-electron chi connectivity index (χ1n) is 6.78. The Morgan fingerprint density at radius 1 is 1.25 bits per heavy atom. The number of anilines is 1. The largest absolute Gasteiger partial charge is 0.467 e. The van der Waals surface area contributed by atoms with E-state index in [1.165, 1.54) is 18.4 Å². The van der Waals surface area contributed by atoms with Crippen LogP contribution in [0.5, 0.6) is 0 Å². The second-order valence-corrected chi connectivity index (χ2v) is 5.53. The summed E-state index contributed by atoms with van der Waals surface area (Å²) in [6.07, 6.45) is 1.47. The Kier molecular flexibility index (Phi) is 5.96. The maximum Gasteiger partial charge on any atom is 0.340 e. The Hall–Kier alpha value is -2.81. The lowest BCUT2D eigenvalue weighted by molar-refractivity contribution is -0.123. The lowest BCUT2D eigenvalue weighted by atomic mass is 10.2. The van der Waals surface area contributed by atoms with Gasteiger partial charge in [-0.15, -0.1) is 0 Å². The van der Waals surface area contributed by atoms with Crippen LogP contribution in [0.4, 0.5) is 10.5 Å². The number of rotatable bonds is 5. The third kappa shape index (κ3) is 5.13. The fourth-order valence-electron chi connectivity index (χ4n) is 1.70. The molecule has 126 valence electrons. The first-order chi connectivity index (χ1) is 11.5. The molecule has 0 saturated carbocycles. The van der Waals surface area contributed by atoms with Gasteiger partial charge in [-0.25, -0.2) is 9.59 Å². The summed E-state index contributed by atoms with van der Waals surface area (Å²) in [6.45, 7) is -0.487. The standard InChI is InChI=1S/C15H14BrN3O5/c16-9-3-4-12(17)11(6-9)14(21)24-8-13(20)19-15(22)18-7-10-2-1-5-23-10/h1-6H,7-8,17H2,(H2,18,19,20,22). The fraction of sp³-hybridized carbons (Fsp3) is 0.133. The topological polar surface area (TPSA) is 124 Å². The third-order valence-electron chi connectivity index (χ3n) is 2.83. The van der Waals surface area contributed by atoms with Crippen molar-refractivity contribution in [3.8, 4) is 0 Å². The minimum atomic E-state index is -0.770. The number of benzene rings is 1. The van der Waals surface area contributed by atoms with Gasteiger partial charge in [0.1, 0.15) is 5.76 Å². The predicted octanol–water partition coefficient (Wildman–Crippen LogP) is 1.81. The van der Waals surface area contributed by atoms with Crippen molar-refractivity contribution in [1.82, 2.24) is 10.6 Å². The van der Waals surface area contributed by atoms with Crippen LogP contribution in [0.3, 0.4) is 0 Å². The van der Waals surface area contributed by atoms with Crippen LogP contribution >= 0.6 is 15.9 Å². The molecule has 0 radical (unpaired) electrons. The summed E-state index contributed by atoms with van der Waals surface area (Å²) in [7, 11) is 0. The maximum atomic E-state index is 11.9. The van der Waals surface area contributed by atoms with E-state index in [-0.39, 0.29) is 17.8 Å². The van der Waals surface area contributed by atoms with Crippen LogP contribution in [0, 0.1) is 0 Å². The highest BCUT2D eigenvalue weighted by Gasteiger charge is 2.15. The Bertz CT molecular complexity index is 746. The highest BCUT2D eigenvalue weighted by atomic mass is 79.9. The quantitative estimate of drug-likeness (QED) is 0.523. The molecule has 8 nitrogen and oxygen atoms in total. The predicted molar refractivity (Wildman–Crippen MR) is 87.9 cm³/mol. The van der Waals surface area contributed by atoms with Crippen molar-refractivity contribution in [3.05, 3.63) is 52.4 Å². The molecule has 1 heterocycles. The van der Waals surface area contributed by atoms with Gasteiger partial charge in [0.15, 0.2) is 6.61 Å². The molecule has 2 aromatic rings. The van der Waals surface area contributed by atoms with Gasteiger partial charge in [0.2, 0.25) is 0 Å². The highest BCUT2D eigenvalue weighted by Crippen LogP contribution is 2.19. The van der Waals surface area contributed by atoms with Crippen molar-refractivity contribution in [2.45, 2.75) is 6.54 Å². The Morgan fingerprint density at radius 3 is 2.75 bits per heavy atom. The summed E-state index contributed by atoms with van der Waals surface area (Å²) >= 11 is 3.21. The lowest BCUT2D eigenvalue weighted by Gasteiger charge is -2.08. The Morgan fingerprint density at radius 2 is 2.04 bits per heavy atom. The number of carbonyl (C=O) groups excluding carboxylic acids is 3. The number of carbonyl (C=O) groups is 3. The van der Waals surface area contributed by atoms with Gasteiger partial charge >= 0.3 is 12.0 Å². The number of amides is 3. The minimum Gasteiger partial charge on any atom is -0.467 e. The molecule has 24 heavy (non-hydrogen) atoms. The molecule has 2 rings (SSSR count). The van der Waals surface area contributed by atoms with Gasteiger partial charge in [0.25, 0.3) is 5.91 Å². The molecule has 0 spiro atoms. The molecule has 0 aliphatic carbocycles. The fourth-order valence-corrected chi connectivity index (χ4v) is 2.06. The average molecular weight is 396 g/mol. The number of esters is 1. The van der Waals surface area contributed by atoms with Crippen molar-refractivity contribution in [2.24, 2.45) is 0 Å². The number of furan rings is 1. The van der Waals surface area contributed by atoms with Crippen LogP contribution in [0.1, 0.15) is 16.1 Å². The Balaban J connectivity index is 1.77. The molecule has 4 N–H and O–H groups in total. The number of hydrogen-bond acceptors (Lipinski definition) is 6. The minimum absolute atomic E-state index is 0.124. The number of hydrogen-bond donors (Lipinski definition) is 3. The molecule has 3 amide bonds. The zero-order valence-electron chi connectivity index (χ0n) is 12.4. The summed E-state index contributed by atoms with van der Waals surface area (Å²) in [4.78, 5) is 35.0. The monoisotopic (exact) mass is 395 g/mol. The second kappa shape index (κ2) is 8.16. The van der Waals surface area contributed by atoms with Gasteiger partial charge in [0.05, 0.1) is 18.4 Å². The molecule has 0 fully saturated rings. The number of halogens is 1. The number of nitrogens with two attached hydrogens (primary N) is 1. The molecule has 0 aliphatic rings. The van der Waals surface area contributed by atoms with Crippen LogP contribution in [-0.4, -0.2) is 24.5 Å². The van der Waals surface area contributed by atoms with Crippen LogP contribution < -0.4 is 16.4 Å². The molecular formula is C15H14BrN3O5. The summed E-state index contributed by atoms with van der Waals surface area (Å²) in [5, 5.41) is 4.45. The SMILES string of the molecule is Nc1ccc(Br)cc1C(=O)OCC(=O)NC(=O)NCc1ccco1. The van der Waals surface area contributed by atoms with Crippen LogP contribution in [0.25, 0.3) is 0 Å². The van der Waals surface area contributed by atoms with Crippen molar-refractivity contribution in [3.63, 3.8) is 0 Å². The van der Waals surface area contributed by atoms with Crippen LogP contribution in [-0.2, 0) is 16.1 Å². The molecule has 0 unspecified atom stereocenters. The molecule has 1 aromatic carbocycles. The Labute approximate surface area is 145 Å². The normalized spacial score (nSPS) is 10.0. The number of nitrogens with one attached hydrogen (secondary N) is 2. The van der Waals surface area contributed by atoms with Gasteiger partial charge in [-0.3, -0.25) is 10.1 Å². The van der Waals surface area contributed by atoms with Gasteiger partial charge in [-0.1, -0.05) is 15.9 Å². The van der Waals surface area contributed by atoms with Crippen molar-refractivity contribution >= 4 is 39.5 Å². The summed E-state index contributed by atoms with van der Waals surface area (Å²) in [5.74, 6) is -0.997. The van der Waals surface area contributed by atoms with Gasteiger partial charge in [-0.05, 0) is 30.3 Å². The smallest absolute Gasteiger partial charge is 0.340 e. The van der Waals surface area contributed by atoms with E-state index in [9.17, 15) is 14.4 Å². The van der Waals surface area contributed by atoms with Gasteiger partial charge in [0, 0.05) is 10.2 Å². The molecule has 1 aromatic heterocycles. The maximum absolute atomic E-state index is 11.9. The molecule has 9 heteroatoms. The van der Waals surface area contributed by atoms with Crippen LogP contribution in [0.2, 0.25) is 0 Å². The van der Waals surface area contributed by atoms with Crippen LogP contribution in [0.15, 0.2) is 45.5 Å². The van der Waals surface area contributed by atoms with E-state index >= 15 is 0 Å². The average Bonchev–Trinajstić information content (AvgIpc) is 3.06. The molecule has 0 saturated heterocycles. The molecule has 0 bridgehead atoms. The number of urea groups is 1. The number of imide groups is 1. The first-order valence-corrected chi connectivity index (χ1v) is 7.57. The summed E-state index contributed by atoms with van der Waals surface area (Å²) in [5.41, 5.74) is 6.01. The van der Waals surface area contributed by atoms with E-state index in [0.29, 0.717) is 10.2 Å². The van der Waals surface area contributed by atoms with Crippen molar-refractivity contribution in [2.75, 3.05) is 12.3 Å². The van der Waals surface area contributed by atoms with E-state index < -0.39 is 24.5 Å². The van der Waals surface area contributed by atoms with Crippen molar-refractivity contribution in [1.29, 1.82) is 0 Å². The zero-order chi connectivity index (χ0) is 17.5. The van der Waals surface area contributed by atoms with E-state index in [1.807, 2.05) is 5.32 Å². The number of ether oxygens (including phenoxy) is 1. The van der Waals surface area contributed by atoms with E-state index in [2.05, 4.69) is 21.2 Å². The molecule has 0 aliphatic heterocycles. The number of nitrogen functional groups attached to an aromatic ring is 1. The molecular weight excluding hydrogens is 382 g/mol. The lowest BCUT2D eigenvalue weighted by Crippen LogP contribution is -2.41. The van der Waals surface area contributed by atoms with E-state index in [4.69, 9.17) is 14.9 Å². The third-order valence-corrected chi connectivity index (χ3v) is 3.32. The summed E-state index contributed by atoms with van der Waals surface area (Å²) in [6, 6.07) is 7.30. The highest BCUT2D eigenvalue weighted by molar-refractivity contribution is 9.10. The first kappa shape index (κ1) is 17.5. The van der Waals surface area contributed by atoms with Gasteiger partial charge < -0.3 is 20.2 Å². The molecule has 0 atom stereocenters. The second-order valence-electron chi connectivity index (χ2n) is 4.62.